The molecule has 0 radical (unpaired) electrons. The number of nitrogens with one attached hydrogen (secondary N) is 1. The Hall–Kier alpha value is -0.650. The van der Waals surface area contributed by atoms with Crippen LogP contribution >= 0.6 is 0 Å². The highest BCUT2D eigenvalue weighted by atomic mass is 16.3. The monoisotopic (exact) mass is 710 g/mol. The number of hydrogen-bond acceptors (Lipinski definition) is 4. The van der Waals surface area contributed by atoms with E-state index in [0.29, 0.717) is 12.8 Å². The van der Waals surface area contributed by atoms with Gasteiger partial charge in [-0.15, -0.1) is 0 Å². The molecule has 0 fully saturated rings. The van der Waals surface area contributed by atoms with Gasteiger partial charge in [-0.1, -0.05) is 239 Å². The highest BCUT2D eigenvalue weighted by Gasteiger charge is 2.21. The number of hydrogen-bond donors (Lipinski definition) is 4. The van der Waals surface area contributed by atoms with Crippen LogP contribution in [0.1, 0.15) is 258 Å². The molecule has 1 amide bonds. The Labute approximate surface area is 313 Å². The second-order valence-corrected chi connectivity index (χ2v) is 16.0. The molecule has 0 heterocycles. The summed E-state index contributed by atoms with van der Waals surface area (Å²) in [5, 5.41) is 33.4. The Morgan fingerprint density at radius 3 is 0.960 bits per heavy atom. The topological polar surface area (TPSA) is 89.8 Å². The van der Waals surface area contributed by atoms with Gasteiger partial charge in [0, 0.05) is 0 Å². The van der Waals surface area contributed by atoms with Crippen molar-refractivity contribution in [3.63, 3.8) is 0 Å². The van der Waals surface area contributed by atoms with Crippen molar-refractivity contribution in [1.29, 1.82) is 0 Å². The second-order valence-electron chi connectivity index (χ2n) is 16.0. The maximum atomic E-state index is 12.4. The van der Waals surface area contributed by atoms with Crippen LogP contribution in [0.5, 0.6) is 0 Å². The summed E-state index contributed by atoms with van der Waals surface area (Å²) < 4.78 is 0. The highest BCUT2D eigenvalue weighted by molar-refractivity contribution is 5.76. The molecule has 0 aromatic carbocycles. The Kier molecular flexibility index (Phi) is 40.6. The number of aliphatic hydroxyl groups excluding tert-OH is 3. The Balaban J connectivity index is 3.53. The summed E-state index contributed by atoms with van der Waals surface area (Å²) in [4.78, 5) is 12.4. The quantitative estimate of drug-likeness (QED) is 0.0475. The molecule has 300 valence electrons. The maximum absolute atomic E-state index is 12.4. The molecular formula is C45H91NO4. The van der Waals surface area contributed by atoms with Crippen molar-refractivity contribution in [2.75, 3.05) is 6.61 Å². The van der Waals surface area contributed by atoms with Gasteiger partial charge in [-0.2, -0.15) is 0 Å². The number of carbonyl (C=O) groups is 1. The van der Waals surface area contributed by atoms with E-state index in [1.807, 2.05) is 0 Å². The lowest BCUT2D eigenvalue weighted by Gasteiger charge is -2.23. The average molecular weight is 710 g/mol. The maximum Gasteiger partial charge on any atom is 0.222 e. The van der Waals surface area contributed by atoms with E-state index in [2.05, 4.69) is 19.2 Å². The van der Waals surface area contributed by atoms with Gasteiger partial charge in [-0.05, 0) is 12.8 Å². The summed E-state index contributed by atoms with van der Waals surface area (Å²) in [6.45, 7) is 4.28. The summed E-state index contributed by atoms with van der Waals surface area (Å²) in [7, 11) is 0. The van der Waals surface area contributed by atoms with Gasteiger partial charge >= 0.3 is 0 Å². The van der Waals surface area contributed by atoms with E-state index in [9.17, 15) is 20.1 Å². The van der Waals surface area contributed by atoms with Crippen molar-refractivity contribution in [2.45, 2.75) is 276 Å². The number of carbonyl (C=O) groups excluding carboxylic acids is 1. The van der Waals surface area contributed by atoms with Gasteiger partial charge in [0.15, 0.2) is 0 Å². The third-order valence-corrected chi connectivity index (χ3v) is 10.9. The van der Waals surface area contributed by atoms with E-state index >= 15 is 0 Å². The lowest BCUT2D eigenvalue weighted by Crippen LogP contribution is -2.46. The van der Waals surface area contributed by atoms with Crippen molar-refractivity contribution in [2.24, 2.45) is 0 Å². The minimum Gasteiger partial charge on any atom is -0.394 e. The Morgan fingerprint density at radius 1 is 0.420 bits per heavy atom. The highest BCUT2D eigenvalue weighted by Crippen LogP contribution is 2.17. The SMILES string of the molecule is CCCCCCCCCCCCCCCCCCCCCCCCCC(O)C(CO)NC(=O)CC(O)CCCCCCCCCCCCCC. The lowest BCUT2D eigenvalue weighted by atomic mass is 10.0. The van der Waals surface area contributed by atoms with E-state index in [4.69, 9.17) is 0 Å². The molecule has 50 heavy (non-hydrogen) atoms. The average Bonchev–Trinajstić information content (AvgIpc) is 3.11. The third-order valence-electron chi connectivity index (χ3n) is 10.9. The van der Waals surface area contributed by atoms with Crippen LogP contribution in [0, 0.1) is 0 Å². The van der Waals surface area contributed by atoms with E-state index in [1.54, 1.807) is 0 Å². The second kappa shape index (κ2) is 41.1. The number of amides is 1. The normalized spacial score (nSPS) is 13.5. The van der Waals surface area contributed by atoms with Crippen molar-refractivity contribution >= 4 is 5.91 Å². The fraction of sp³-hybridized carbons (Fsp3) is 0.978. The van der Waals surface area contributed by atoms with Crippen LogP contribution < -0.4 is 5.32 Å². The van der Waals surface area contributed by atoms with E-state index in [1.165, 1.54) is 199 Å². The van der Waals surface area contributed by atoms with Crippen molar-refractivity contribution in [1.82, 2.24) is 5.32 Å². The molecule has 3 atom stereocenters. The smallest absolute Gasteiger partial charge is 0.222 e. The van der Waals surface area contributed by atoms with Crippen molar-refractivity contribution in [3.8, 4) is 0 Å². The molecule has 4 N–H and O–H groups in total. The van der Waals surface area contributed by atoms with Gasteiger partial charge in [0.1, 0.15) is 0 Å². The molecule has 0 aliphatic heterocycles. The first-order valence-electron chi connectivity index (χ1n) is 22.8. The molecule has 0 rings (SSSR count). The van der Waals surface area contributed by atoms with Gasteiger partial charge in [0.2, 0.25) is 5.91 Å². The zero-order chi connectivity index (χ0) is 36.6. The molecule has 0 aliphatic carbocycles. The largest absolute Gasteiger partial charge is 0.394 e. The molecule has 5 nitrogen and oxygen atoms in total. The first-order chi connectivity index (χ1) is 24.5. The van der Waals surface area contributed by atoms with Crippen LogP contribution in [0.25, 0.3) is 0 Å². The minimum atomic E-state index is -0.743. The predicted molar refractivity (Wildman–Crippen MR) is 218 cm³/mol. The van der Waals surface area contributed by atoms with Gasteiger partial charge in [-0.25, -0.2) is 0 Å². The molecule has 0 spiro atoms. The van der Waals surface area contributed by atoms with Gasteiger partial charge in [0.05, 0.1) is 31.3 Å². The first-order valence-corrected chi connectivity index (χ1v) is 22.8. The van der Waals surface area contributed by atoms with Crippen LogP contribution in [-0.2, 0) is 4.79 Å². The fourth-order valence-corrected chi connectivity index (χ4v) is 7.41. The van der Waals surface area contributed by atoms with Crippen molar-refractivity contribution in [3.05, 3.63) is 0 Å². The molecule has 0 saturated carbocycles. The van der Waals surface area contributed by atoms with Crippen LogP contribution in [0.3, 0.4) is 0 Å². The zero-order valence-electron chi connectivity index (χ0n) is 34.1. The Morgan fingerprint density at radius 2 is 0.680 bits per heavy atom. The molecule has 5 heteroatoms. The number of unbranched alkanes of at least 4 members (excludes halogenated alkanes) is 33. The molecule has 0 aliphatic rings. The first kappa shape index (κ1) is 49.4. The van der Waals surface area contributed by atoms with Gasteiger partial charge in [0.25, 0.3) is 0 Å². The van der Waals surface area contributed by atoms with Gasteiger partial charge in [-0.3, -0.25) is 4.79 Å². The van der Waals surface area contributed by atoms with Crippen LogP contribution in [0.15, 0.2) is 0 Å². The van der Waals surface area contributed by atoms with E-state index < -0.39 is 18.2 Å². The van der Waals surface area contributed by atoms with Crippen molar-refractivity contribution < 1.29 is 20.1 Å². The molecule has 0 aromatic heterocycles. The zero-order valence-corrected chi connectivity index (χ0v) is 34.1. The van der Waals surface area contributed by atoms with Crippen LogP contribution in [0.4, 0.5) is 0 Å². The molecule has 0 bridgehead atoms. The standard InChI is InChI=1S/C45H91NO4/c1-3-5-7-9-11-13-15-17-18-19-20-21-22-23-24-25-26-27-29-31-33-35-37-39-44(49)43(41-47)46-45(50)40-42(48)38-36-34-32-30-28-16-14-12-10-8-6-4-2/h42-44,47-49H,3-41H2,1-2H3,(H,46,50). The number of aliphatic hydroxyl groups is 3. The van der Waals surface area contributed by atoms with Crippen LogP contribution in [-0.4, -0.2) is 46.1 Å². The molecular weight excluding hydrogens is 618 g/mol. The minimum absolute atomic E-state index is 0.0424. The number of rotatable bonds is 42. The summed E-state index contributed by atoms with van der Waals surface area (Å²) >= 11 is 0. The lowest BCUT2D eigenvalue weighted by molar-refractivity contribution is -0.125. The fourth-order valence-electron chi connectivity index (χ4n) is 7.41. The summed E-state index contributed by atoms with van der Waals surface area (Å²) in [5.41, 5.74) is 0. The predicted octanol–water partition coefficient (Wildman–Crippen LogP) is 13.0. The summed E-state index contributed by atoms with van der Waals surface area (Å²) in [5.74, 6) is -0.279. The Bertz CT molecular complexity index is 659. The van der Waals surface area contributed by atoms with Crippen LogP contribution in [0.2, 0.25) is 0 Å². The molecule has 0 saturated heterocycles. The van der Waals surface area contributed by atoms with E-state index in [-0.39, 0.29) is 18.9 Å². The summed E-state index contributed by atoms with van der Waals surface area (Å²) in [6, 6.07) is -0.652. The van der Waals surface area contributed by atoms with E-state index in [0.717, 1.165) is 25.7 Å². The third kappa shape index (κ3) is 37.1. The van der Waals surface area contributed by atoms with Gasteiger partial charge < -0.3 is 20.6 Å². The molecule has 0 aromatic rings. The molecule has 3 unspecified atom stereocenters. The summed E-state index contributed by atoms with van der Waals surface area (Å²) in [6.07, 6.45) is 46.5.